The van der Waals surface area contributed by atoms with Crippen LogP contribution < -0.4 is 15.9 Å². The number of anilines is 1. The van der Waals surface area contributed by atoms with Gasteiger partial charge in [0.15, 0.2) is 0 Å². The van der Waals surface area contributed by atoms with E-state index in [0.717, 1.165) is 51.4 Å². The molecule has 1 fully saturated rings. The Balaban J connectivity index is 1.65. The van der Waals surface area contributed by atoms with E-state index in [-0.39, 0.29) is 39.6 Å². The minimum Gasteiger partial charge on any atom is -0.478 e. The number of H-pyrrole nitrogens is 1. The summed E-state index contributed by atoms with van der Waals surface area (Å²) in [5.41, 5.74) is -1.14. The van der Waals surface area contributed by atoms with Crippen LogP contribution in [0.5, 0.6) is 0 Å². The van der Waals surface area contributed by atoms with Crippen molar-refractivity contribution in [1.82, 2.24) is 25.2 Å². The van der Waals surface area contributed by atoms with E-state index in [1.165, 1.54) is 31.7 Å². The van der Waals surface area contributed by atoms with Crippen LogP contribution in [0.2, 0.25) is 0 Å². The number of halogens is 3. The standard InChI is InChI=1S/C27H36F3N6O3P/c1-31-11-5-6-12-36(2)17-8-7-16(13-17)34-26-33-15-21(27(28,29)30)22(35-26)20-14-32-23-18(20)9-10-19(25(37)38)24(23)40(3,4)39/h9-10,14-17,31-32H,5-8,11-13H2,1-4H3,(H,37,38)(H,33,34,35)/t16-,17-/m0/s1. The molecule has 0 saturated heterocycles. The summed E-state index contributed by atoms with van der Waals surface area (Å²) in [5, 5.41) is 16.4. The lowest BCUT2D eigenvalue weighted by molar-refractivity contribution is -0.137. The van der Waals surface area contributed by atoms with Crippen LogP contribution in [0.1, 0.15) is 48.0 Å². The minimum atomic E-state index is -4.72. The number of unbranched alkanes of at least 4 members (excludes halogenated alkanes) is 1. The largest absolute Gasteiger partial charge is 0.478 e. The Morgan fingerprint density at radius 1 is 1.25 bits per heavy atom. The predicted molar refractivity (Wildman–Crippen MR) is 151 cm³/mol. The molecule has 0 bridgehead atoms. The van der Waals surface area contributed by atoms with E-state index in [9.17, 15) is 27.6 Å². The third-order valence-corrected chi connectivity index (χ3v) is 9.04. The molecule has 1 aliphatic rings. The van der Waals surface area contributed by atoms with Gasteiger partial charge in [0.2, 0.25) is 5.95 Å². The van der Waals surface area contributed by atoms with Gasteiger partial charge < -0.3 is 30.2 Å². The Labute approximate surface area is 231 Å². The molecule has 4 rings (SSSR count). The van der Waals surface area contributed by atoms with Gasteiger partial charge in [-0.3, -0.25) is 0 Å². The molecule has 1 aliphatic carbocycles. The summed E-state index contributed by atoms with van der Waals surface area (Å²) in [6, 6.07) is 3.09. The summed E-state index contributed by atoms with van der Waals surface area (Å²) in [6.45, 7) is 4.81. The van der Waals surface area contributed by atoms with Crippen LogP contribution in [0.15, 0.2) is 24.5 Å². The molecule has 1 aromatic carbocycles. The summed E-state index contributed by atoms with van der Waals surface area (Å²) < 4.78 is 55.2. The number of benzene rings is 1. The second-order valence-electron chi connectivity index (χ2n) is 10.8. The first kappa shape index (κ1) is 30.0. The van der Waals surface area contributed by atoms with Crippen LogP contribution in [0.25, 0.3) is 22.2 Å². The minimum absolute atomic E-state index is 0.0214. The molecule has 0 spiro atoms. The lowest BCUT2D eigenvalue weighted by atomic mass is 10.0. The Morgan fingerprint density at radius 3 is 2.65 bits per heavy atom. The number of carbonyl (C=O) groups is 1. The monoisotopic (exact) mass is 580 g/mol. The molecular weight excluding hydrogens is 544 g/mol. The van der Waals surface area contributed by atoms with Gasteiger partial charge in [-0.15, -0.1) is 0 Å². The van der Waals surface area contributed by atoms with Gasteiger partial charge in [0.25, 0.3) is 0 Å². The van der Waals surface area contributed by atoms with Gasteiger partial charge in [-0.2, -0.15) is 13.2 Å². The molecule has 4 N–H and O–H groups in total. The van der Waals surface area contributed by atoms with Crippen LogP contribution in [0, 0.1) is 0 Å². The molecule has 0 radical (unpaired) electrons. The highest BCUT2D eigenvalue weighted by molar-refractivity contribution is 7.70. The number of nitrogens with one attached hydrogen (secondary N) is 3. The maximum absolute atomic E-state index is 14.1. The van der Waals surface area contributed by atoms with Crippen molar-refractivity contribution in [3.8, 4) is 11.3 Å². The number of nitrogens with zero attached hydrogens (tertiary/aromatic N) is 3. The third-order valence-electron chi connectivity index (χ3n) is 7.50. The lowest BCUT2D eigenvalue weighted by Crippen LogP contribution is -2.32. The molecule has 40 heavy (non-hydrogen) atoms. The van der Waals surface area contributed by atoms with Crippen LogP contribution in [0.4, 0.5) is 19.1 Å². The summed E-state index contributed by atoms with van der Waals surface area (Å²) in [6.07, 6.45) is 2.24. The number of hydrogen-bond donors (Lipinski definition) is 4. The Morgan fingerprint density at radius 2 is 2.00 bits per heavy atom. The lowest BCUT2D eigenvalue weighted by Gasteiger charge is -2.24. The van der Waals surface area contributed by atoms with Crippen molar-refractivity contribution in [2.24, 2.45) is 0 Å². The highest BCUT2D eigenvalue weighted by Crippen LogP contribution is 2.43. The summed E-state index contributed by atoms with van der Waals surface area (Å²) in [4.78, 5) is 25.3. The number of aromatic nitrogens is 3. The molecule has 218 valence electrons. The maximum atomic E-state index is 14.1. The van der Waals surface area contributed by atoms with Crippen molar-refractivity contribution in [3.05, 3.63) is 35.7 Å². The van der Waals surface area contributed by atoms with E-state index in [1.54, 1.807) is 0 Å². The number of hydrogen-bond acceptors (Lipinski definition) is 7. The average Bonchev–Trinajstić information content (AvgIpc) is 3.51. The van der Waals surface area contributed by atoms with Crippen LogP contribution in [-0.4, -0.2) is 83.5 Å². The highest BCUT2D eigenvalue weighted by atomic mass is 31.2. The second-order valence-corrected chi connectivity index (χ2v) is 13.9. The quantitative estimate of drug-likeness (QED) is 0.188. The van der Waals surface area contributed by atoms with Gasteiger partial charge in [-0.1, -0.05) is 6.07 Å². The van der Waals surface area contributed by atoms with Crippen molar-refractivity contribution in [2.45, 2.75) is 50.4 Å². The van der Waals surface area contributed by atoms with Gasteiger partial charge in [-0.05, 0) is 78.7 Å². The molecule has 0 amide bonds. The van der Waals surface area contributed by atoms with Gasteiger partial charge in [-0.25, -0.2) is 14.8 Å². The zero-order valence-electron chi connectivity index (χ0n) is 23.1. The number of rotatable bonds is 11. The van der Waals surface area contributed by atoms with Crippen molar-refractivity contribution < 1.29 is 27.6 Å². The van der Waals surface area contributed by atoms with Gasteiger partial charge in [0, 0.05) is 40.7 Å². The van der Waals surface area contributed by atoms with Crippen molar-refractivity contribution in [2.75, 3.05) is 45.8 Å². The fraction of sp³-hybridized carbons (Fsp3) is 0.519. The Bertz CT molecular complexity index is 1420. The molecule has 1 saturated carbocycles. The normalized spacial score (nSPS) is 18.1. The molecule has 9 nitrogen and oxygen atoms in total. The van der Waals surface area contributed by atoms with E-state index >= 15 is 0 Å². The Kier molecular flexibility index (Phi) is 8.92. The smallest absolute Gasteiger partial charge is 0.419 e. The zero-order chi connectivity index (χ0) is 29.2. The maximum Gasteiger partial charge on any atom is 0.419 e. The van der Waals surface area contributed by atoms with Gasteiger partial charge in [0.05, 0.1) is 16.8 Å². The van der Waals surface area contributed by atoms with E-state index in [4.69, 9.17) is 0 Å². The number of carboxylic acid groups (broad SMARTS) is 1. The molecule has 2 atom stereocenters. The highest BCUT2D eigenvalue weighted by Gasteiger charge is 2.37. The third kappa shape index (κ3) is 6.50. The molecular formula is C27H36F3N6O3P. The van der Waals surface area contributed by atoms with Crippen molar-refractivity contribution in [1.29, 1.82) is 0 Å². The first-order valence-corrected chi connectivity index (χ1v) is 15.9. The van der Waals surface area contributed by atoms with E-state index in [0.29, 0.717) is 11.4 Å². The van der Waals surface area contributed by atoms with Gasteiger partial charge >= 0.3 is 12.1 Å². The average molecular weight is 581 g/mol. The number of aromatic carboxylic acids is 1. The summed E-state index contributed by atoms with van der Waals surface area (Å²) >= 11 is 0. The van der Waals surface area contributed by atoms with Gasteiger partial charge in [0.1, 0.15) is 12.7 Å². The number of aromatic amines is 1. The van der Waals surface area contributed by atoms with E-state index in [1.807, 2.05) is 7.05 Å². The second kappa shape index (κ2) is 11.9. The van der Waals surface area contributed by atoms with Crippen molar-refractivity contribution in [3.63, 3.8) is 0 Å². The first-order valence-electron chi connectivity index (χ1n) is 13.3. The van der Waals surface area contributed by atoms with Crippen LogP contribution in [0.3, 0.4) is 0 Å². The van der Waals surface area contributed by atoms with E-state index in [2.05, 4.69) is 37.5 Å². The first-order chi connectivity index (χ1) is 18.8. The molecule has 2 heterocycles. The van der Waals surface area contributed by atoms with Crippen molar-refractivity contribution >= 4 is 35.3 Å². The molecule has 0 aliphatic heterocycles. The topological polar surface area (TPSA) is 123 Å². The molecule has 2 aromatic heterocycles. The predicted octanol–water partition coefficient (Wildman–Crippen LogP) is 4.85. The van der Waals surface area contributed by atoms with Crippen LogP contribution in [-0.2, 0) is 10.7 Å². The SMILES string of the molecule is CNCCCCN(C)[C@H]1CC[C@H](Nc2ncc(C(F)(F)F)c(-c3c[nH]c4c(P(C)(C)=O)c(C(=O)O)ccc34)n2)C1. The van der Waals surface area contributed by atoms with E-state index < -0.39 is 24.9 Å². The fourth-order valence-corrected chi connectivity index (χ4v) is 6.97. The Hall–Kier alpha value is -2.95. The molecule has 13 heteroatoms. The van der Waals surface area contributed by atoms with Crippen LogP contribution >= 0.6 is 7.14 Å². The molecule has 0 unspecified atom stereocenters. The number of fused-ring (bicyclic) bond motifs is 1. The fourth-order valence-electron chi connectivity index (χ4n) is 5.49. The summed E-state index contributed by atoms with van der Waals surface area (Å²) in [5.74, 6) is -1.17. The number of alkyl halides is 3. The number of carboxylic acids is 1. The molecule has 3 aromatic rings. The zero-order valence-corrected chi connectivity index (χ0v) is 24.0. The summed E-state index contributed by atoms with van der Waals surface area (Å²) in [7, 11) is 0.919.